The minimum atomic E-state index is 0.859. The van der Waals surface area contributed by atoms with Crippen molar-refractivity contribution in [3.8, 4) is 27.9 Å². The molecule has 0 aliphatic carbocycles. The molecule has 0 spiro atoms. The van der Waals surface area contributed by atoms with Gasteiger partial charge in [-0.1, -0.05) is 158 Å². The summed E-state index contributed by atoms with van der Waals surface area (Å²) in [6.07, 6.45) is 0. The first-order valence-electron chi connectivity index (χ1n) is 20.2. The number of fused-ring (bicyclic) bond motifs is 9. The fourth-order valence-electron chi connectivity index (χ4n) is 9.23. The van der Waals surface area contributed by atoms with E-state index in [0.29, 0.717) is 0 Å². The van der Waals surface area contributed by atoms with Crippen LogP contribution in [0.5, 0.6) is 0 Å². The second-order valence-electron chi connectivity index (χ2n) is 15.3. The molecule has 0 amide bonds. The van der Waals surface area contributed by atoms with Crippen molar-refractivity contribution < 1.29 is 4.42 Å². The Kier molecular flexibility index (Phi) is 7.54. The van der Waals surface area contributed by atoms with Gasteiger partial charge in [0.25, 0.3) is 0 Å². The Morgan fingerprint density at radius 2 is 0.932 bits per heavy atom. The molecular weight excluding hydrogens is 717 g/mol. The number of furan rings is 1. The molecule has 0 atom stereocenters. The lowest BCUT2D eigenvalue weighted by Gasteiger charge is -2.26. The molecule has 0 N–H and O–H groups in total. The highest BCUT2D eigenvalue weighted by Gasteiger charge is 2.21. The van der Waals surface area contributed by atoms with Crippen molar-refractivity contribution in [3.05, 3.63) is 218 Å². The molecule has 10 aromatic carbocycles. The maximum Gasteiger partial charge on any atom is 0.159 e. The molecular formula is C56H36N2O. The molecule has 3 nitrogen and oxygen atoms in total. The molecule has 0 bridgehead atoms. The Hall–Kier alpha value is -7.88. The van der Waals surface area contributed by atoms with Crippen molar-refractivity contribution >= 4 is 82.4 Å². The van der Waals surface area contributed by atoms with Gasteiger partial charge in [0.05, 0.1) is 16.7 Å². The average Bonchev–Trinajstić information content (AvgIpc) is 3.86. The van der Waals surface area contributed by atoms with E-state index in [2.05, 4.69) is 228 Å². The highest BCUT2D eigenvalue weighted by atomic mass is 16.3. The van der Waals surface area contributed by atoms with Crippen LogP contribution in [-0.4, -0.2) is 4.57 Å². The molecule has 0 aliphatic heterocycles. The zero-order chi connectivity index (χ0) is 38.9. The Balaban J connectivity index is 1.02. The van der Waals surface area contributed by atoms with E-state index >= 15 is 0 Å². The largest absolute Gasteiger partial charge is 0.453 e. The topological polar surface area (TPSA) is 21.3 Å². The first-order valence-corrected chi connectivity index (χ1v) is 20.2. The molecule has 12 aromatic rings. The predicted molar refractivity (Wildman–Crippen MR) is 249 cm³/mol. The quantitative estimate of drug-likeness (QED) is 0.169. The van der Waals surface area contributed by atoms with Gasteiger partial charge in [-0.15, -0.1) is 0 Å². The third-order valence-electron chi connectivity index (χ3n) is 12.0. The van der Waals surface area contributed by atoms with Crippen LogP contribution in [0.15, 0.2) is 223 Å². The summed E-state index contributed by atoms with van der Waals surface area (Å²) in [5.74, 6) is 0. The normalized spacial score (nSPS) is 11.7. The standard InChI is InChI=1S/C56H36N2O/c1-3-20-45-38(13-1)15-11-24-46(45)41-17-10-18-43(36-41)57(54-28-12-25-50-51-34-31-39-14-2-4-21-47(39)55(51)59-56(50)54)42-32-29-37(30-33-42)40-16-9-19-44(35-40)58-52-26-7-5-22-48(52)49-23-6-8-27-53(49)58/h1-36H. The Morgan fingerprint density at radius 1 is 0.339 bits per heavy atom. The molecule has 0 saturated heterocycles. The van der Waals surface area contributed by atoms with Crippen molar-refractivity contribution in [3.63, 3.8) is 0 Å². The lowest BCUT2D eigenvalue weighted by atomic mass is 9.97. The third kappa shape index (κ3) is 5.36. The maximum atomic E-state index is 6.95. The van der Waals surface area contributed by atoms with E-state index < -0.39 is 0 Å². The molecule has 2 heterocycles. The van der Waals surface area contributed by atoms with Gasteiger partial charge in [-0.3, -0.25) is 0 Å². The van der Waals surface area contributed by atoms with Crippen LogP contribution in [0.3, 0.4) is 0 Å². The van der Waals surface area contributed by atoms with Crippen molar-refractivity contribution in [2.24, 2.45) is 0 Å². The minimum Gasteiger partial charge on any atom is -0.453 e. The van der Waals surface area contributed by atoms with Crippen molar-refractivity contribution in [2.75, 3.05) is 4.90 Å². The summed E-state index contributed by atoms with van der Waals surface area (Å²) in [5, 5.41) is 9.47. The van der Waals surface area contributed by atoms with E-state index in [1.807, 2.05) is 0 Å². The van der Waals surface area contributed by atoms with Crippen LogP contribution in [0.1, 0.15) is 0 Å². The third-order valence-corrected chi connectivity index (χ3v) is 12.0. The molecule has 2 aromatic heterocycles. The summed E-state index contributed by atoms with van der Waals surface area (Å²) in [7, 11) is 0. The lowest BCUT2D eigenvalue weighted by molar-refractivity contribution is 0.673. The molecule has 59 heavy (non-hydrogen) atoms. The van der Waals surface area contributed by atoms with E-state index in [4.69, 9.17) is 4.42 Å². The number of nitrogens with zero attached hydrogens (tertiary/aromatic N) is 2. The van der Waals surface area contributed by atoms with Crippen molar-refractivity contribution in [2.45, 2.75) is 0 Å². The number of aromatic nitrogens is 1. The fraction of sp³-hybridized carbons (Fsp3) is 0. The van der Waals surface area contributed by atoms with Gasteiger partial charge in [-0.2, -0.15) is 0 Å². The molecule has 3 heteroatoms. The monoisotopic (exact) mass is 752 g/mol. The Morgan fingerprint density at radius 3 is 1.73 bits per heavy atom. The van der Waals surface area contributed by atoms with Gasteiger partial charge in [0.2, 0.25) is 0 Å². The number of para-hydroxylation sites is 3. The lowest BCUT2D eigenvalue weighted by Crippen LogP contribution is -2.10. The highest BCUT2D eigenvalue weighted by molar-refractivity contribution is 6.17. The van der Waals surface area contributed by atoms with Gasteiger partial charge in [0.1, 0.15) is 5.58 Å². The van der Waals surface area contributed by atoms with Crippen molar-refractivity contribution in [1.29, 1.82) is 0 Å². The molecule has 276 valence electrons. The SMILES string of the molecule is c1cc(-c2cccc3ccccc23)cc(N(c2ccc(-c3cccc(-n4c5ccccc5c5ccccc54)c3)cc2)c2cccc3c2oc2c4ccccc4ccc32)c1. The van der Waals surface area contributed by atoms with Crippen LogP contribution in [-0.2, 0) is 0 Å². The molecule has 12 rings (SSSR count). The van der Waals surface area contributed by atoms with Crippen LogP contribution in [0.25, 0.3) is 93.2 Å². The number of rotatable bonds is 6. The Bertz CT molecular complexity index is 3510. The second kappa shape index (κ2) is 13.4. The molecule has 0 radical (unpaired) electrons. The van der Waals surface area contributed by atoms with Crippen LogP contribution >= 0.6 is 0 Å². The number of hydrogen-bond acceptors (Lipinski definition) is 2. The predicted octanol–water partition coefficient (Wildman–Crippen LogP) is 15.8. The van der Waals surface area contributed by atoms with Gasteiger partial charge in [-0.05, 0) is 99.1 Å². The minimum absolute atomic E-state index is 0.859. The number of benzene rings is 10. The fourth-order valence-corrected chi connectivity index (χ4v) is 9.23. The summed E-state index contributed by atoms with van der Waals surface area (Å²) in [6, 6.07) is 78.6. The Labute approximate surface area is 341 Å². The highest BCUT2D eigenvalue weighted by Crippen LogP contribution is 2.45. The first-order chi connectivity index (χ1) is 29.3. The van der Waals surface area contributed by atoms with Gasteiger partial charge >= 0.3 is 0 Å². The zero-order valence-electron chi connectivity index (χ0n) is 32.1. The van der Waals surface area contributed by atoms with Gasteiger partial charge in [0.15, 0.2) is 5.58 Å². The van der Waals surface area contributed by atoms with E-state index in [-0.39, 0.29) is 0 Å². The molecule has 0 aliphatic rings. The van der Waals surface area contributed by atoms with E-state index in [9.17, 15) is 0 Å². The summed E-state index contributed by atoms with van der Waals surface area (Å²) in [4.78, 5) is 2.35. The maximum absolute atomic E-state index is 6.95. The molecule has 0 saturated carbocycles. The molecule has 0 fully saturated rings. The molecule has 0 unspecified atom stereocenters. The average molecular weight is 753 g/mol. The van der Waals surface area contributed by atoms with Crippen LogP contribution in [0, 0.1) is 0 Å². The summed E-state index contributed by atoms with van der Waals surface area (Å²) >= 11 is 0. The van der Waals surface area contributed by atoms with Crippen LogP contribution in [0.4, 0.5) is 17.1 Å². The first kappa shape index (κ1) is 33.3. The van der Waals surface area contributed by atoms with Crippen LogP contribution in [0.2, 0.25) is 0 Å². The van der Waals surface area contributed by atoms with Gasteiger partial charge in [0, 0.05) is 44.0 Å². The van der Waals surface area contributed by atoms with E-state index in [0.717, 1.165) is 72.2 Å². The van der Waals surface area contributed by atoms with E-state index in [1.165, 1.54) is 38.1 Å². The summed E-state index contributed by atoms with van der Waals surface area (Å²) < 4.78 is 9.33. The summed E-state index contributed by atoms with van der Waals surface area (Å²) in [6.45, 7) is 0. The van der Waals surface area contributed by atoms with Gasteiger partial charge in [-0.25, -0.2) is 0 Å². The van der Waals surface area contributed by atoms with Gasteiger partial charge < -0.3 is 13.9 Å². The van der Waals surface area contributed by atoms with Crippen LogP contribution < -0.4 is 4.90 Å². The zero-order valence-corrected chi connectivity index (χ0v) is 32.1. The van der Waals surface area contributed by atoms with E-state index in [1.54, 1.807) is 0 Å². The second-order valence-corrected chi connectivity index (χ2v) is 15.3. The van der Waals surface area contributed by atoms with Crippen molar-refractivity contribution in [1.82, 2.24) is 4.57 Å². The summed E-state index contributed by atoms with van der Waals surface area (Å²) in [5.41, 5.74) is 13.1. The smallest absolute Gasteiger partial charge is 0.159 e. The number of hydrogen-bond donors (Lipinski definition) is 0. The number of anilines is 3.